The summed E-state index contributed by atoms with van der Waals surface area (Å²) < 4.78 is 22.5. The molecule has 0 aliphatic heterocycles. The van der Waals surface area contributed by atoms with Crippen molar-refractivity contribution in [2.24, 2.45) is 0 Å². The monoisotopic (exact) mass is 361 g/mol. The molecule has 136 valence electrons. The number of nitrogens with zero attached hydrogens (tertiary/aromatic N) is 1. The highest BCUT2D eigenvalue weighted by atomic mass is 16.5. The van der Waals surface area contributed by atoms with Crippen molar-refractivity contribution in [3.63, 3.8) is 0 Å². The van der Waals surface area contributed by atoms with Crippen molar-refractivity contribution in [3.05, 3.63) is 60.7 Å². The summed E-state index contributed by atoms with van der Waals surface area (Å²) >= 11 is 0. The summed E-state index contributed by atoms with van der Waals surface area (Å²) in [6.07, 6.45) is 0. The Morgan fingerprint density at radius 3 is 2.07 bits per heavy atom. The van der Waals surface area contributed by atoms with E-state index in [1.807, 2.05) is 60.7 Å². The second kappa shape index (κ2) is 7.03. The van der Waals surface area contributed by atoms with E-state index < -0.39 is 0 Å². The number of rotatable bonds is 5. The molecule has 0 saturated carbocycles. The van der Waals surface area contributed by atoms with E-state index in [2.05, 4.69) is 4.98 Å². The van der Waals surface area contributed by atoms with Crippen LogP contribution < -0.4 is 14.2 Å². The molecule has 0 saturated heterocycles. The van der Waals surface area contributed by atoms with Crippen molar-refractivity contribution in [1.29, 1.82) is 0 Å². The largest absolute Gasteiger partial charge is 0.493 e. The van der Waals surface area contributed by atoms with Crippen LogP contribution in [0.1, 0.15) is 0 Å². The van der Waals surface area contributed by atoms with E-state index in [0.717, 1.165) is 22.2 Å². The normalized spacial score (nSPS) is 10.8. The molecule has 0 atom stereocenters. The first-order valence-corrected chi connectivity index (χ1v) is 8.50. The van der Waals surface area contributed by atoms with Gasteiger partial charge >= 0.3 is 0 Å². The summed E-state index contributed by atoms with van der Waals surface area (Å²) in [5.74, 6) is 2.32. The van der Waals surface area contributed by atoms with Crippen molar-refractivity contribution >= 4 is 11.1 Å². The van der Waals surface area contributed by atoms with Crippen molar-refractivity contribution in [1.82, 2.24) is 4.98 Å². The molecular formula is C22H19NO4. The van der Waals surface area contributed by atoms with Gasteiger partial charge in [-0.2, -0.15) is 0 Å². The Balaban J connectivity index is 1.91. The highest BCUT2D eigenvalue weighted by Crippen LogP contribution is 2.43. The van der Waals surface area contributed by atoms with Crippen LogP contribution in [0.2, 0.25) is 0 Å². The van der Waals surface area contributed by atoms with Crippen molar-refractivity contribution < 1.29 is 18.6 Å². The quantitative estimate of drug-likeness (QED) is 0.490. The van der Waals surface area contributed by atoms with Crippen molar-refractivity contribution in [2.45, 2.75) is 0 Å². The molecule has 0 aliphatic rings. The lowest BCUT2D eigenvalue weighted by atomic mass is 10.0. The van der Waals surface area contributed by atoms with Crippen LogP contribution in [0.3, 0.4) is 0 Å². The summed E-state index contributed by atoms with van der Waals surface area (Å²) in [4.78, 5) is 4.63. The molecule has 0 aliphatic carbocycles. The van der Waals surface area contributed by atoms with Crippen LogP contribution in [0.5, 0.6) is 17.2 Å². The van der Waals surface area contributed by atoms with E-state index in [0.29, 0.717) is 28.7 Å². The molecule has 4 rings (SSSR count). The number of ether oxygens (including phenoxy) is 3. The smallest absolute Gasteiger partial charge is 0.227 e. The molecule has 3 aromatic carbocycles. The van der Waals surface area contributed by atoms with Gasteiger partial charge in [0.1, 0.15) is 5.52 Å². The summed E-state index contributed by atoms with van der Waals surface area (Å²) in [6.45, 7) is 0. The van der Waals surface area contributed by atoms with Crippen LogP contribution in [0.15, 0.2) is 65.1 Å². The first-order chi connectivity index (χ1) is 13.2. The van der Waals surface area contributed by atoms with Crippen LogP contribution in [0, 0.1) is 0 Å². The van der Waals surface area contributed by atoms with Crippen LogP contribution in [0.4, 0.5) is 0 Å². The van der Waals surface area contributed by atoms with Crippen molar-refractivity contribution in [3.8, 4) is 39.8 Å². The zero-order valence-corrected chi connectivity index (χ0v) is 15.4. The number of methoxy groups -OCH3 is 3. The molecule has 5 heteroatoms. The SMILES string of the molecule is COc1cc(-c2cccc3nc(-c4ccccc4)oc23)cc(OC)c1OC. The van der Waals surface area contributed by atoms with Gasteiger partial charge in [0.2, 0.25) is 11.6 Å². The maximum atomic E-state index is 6.12. The summed E-state index contributed by atoms with van der Waals surface area (Å²) in [5, 5.41) is 0. The van der Waals surface area contributed by atoms with E-state index >= 15 is 0 Å². The Hall–Kier alpha value is -3.47. The summed E-state index contributed by atoms with van der Waals surface area (Å²) in [5.41, 5.74) is 4.24. The van der Waals surface area contributed by atoms with Crippen LogP contribution in [-0.2, 0) is 0 Å². The molecule has 1 heterocycles. The minimum absolute atomic E-state index is 0.554. The average Bonchev–Trinajstić information content (AvgIpc) is 3.17. The molecule has 0 amide bonds. The fraction of sp³-hybridized carbons (Fsp3) is 0.136. The van der Waals surface area contributed by atoms with Gasteiger partial charge in [-0.25, -0.2) is 4.98 Å². The van der Waals surface area contributed by atoms with Gasteiger partial charge in [-0.1, -0.05) is 30.3 Å². The van der Waals surface area contributed by atoms with Crippen LogP contribution in [0.25, 0.3) is 33.7 Å². The number of hydrogen-bond donors (Lipinski definition) is 0. The molecular weight excluding hydrogens is 342 g/mol. The third kappa shape index (κ3) is 2.97. The second-order valence-electron chi connectivity index (χ2n) is 5.95. The highest BCUT2D eigenvalue weighted by Gasteiger charge is 2.18. The standard InChI is InChI=1S/C22H19NO4/c1-24-18-12-15(13-19(25-2)21(18)26-3)16-10-7-11-17-20(16)27-22(23-17)14-8-5-4-6-9-14/h4-13H,1-3H3. The second-order valence-corrected chi connectivity index (χ2v) is 5.95. The molecule has 27 heavy (non-hydrogen) atoms. The first-order valence-electron chi connectivity index (χ1n) is 8.50. The van der Waals surface area contributed by atoms with Crippen LogP contribution >= 0.6 is 0 Å². The van der Waals surface area contributed by atoms with Crippen LogP contribution in [-0.4, -0.2) is 26.3 Å². The maximum absolute atomic E-state index is 6.12. The predicted octanol–water partition coefficient (Wildman–Crippen LogP) is 5.19. The highest BCUT2D eigenvalue weighted by molar-refractivity contribution is 5.92. The number of benzene rings is 3. The van der Waals surface area contributed by atoms with Crippen molar-refractivity contribution in [2.75, 3.05) is 21.3 Å². The Kier molecular flexibility index (Phi) is 4.42. The number of aromatic nitrogens is 1. The molecule has 5 nitrogen and oxygen atoms in total. The zero-order valence-electron chi connectivity index (χ0n) is 15.4. The number of hydrogen-bond acceptors (Lipinski definition) is 5. The van der Waals surface area contributed by atoms with Gasteiger partial charge in [0.15, 0.2) is 17.1 Å². The Morgan fingerprint density at radius 1 is 0.741 bits per heavy atom. The predicted molar refractivity (Wildman–Crippen MR) is 105 cm³/mol. The molecule has 1 aromatic heterocycles. The molecule has 0 bridgehead atoms. The van der Waals surface area contributed by atoms with Gasteiger partial charge in [-0.15, -0.1) is 0 Å². The lowest BCUT2D eigenvalue weighted by Crippen LogP contribution is -1.95. The van der Waals surface area contributed by atoms with E-state index in [-0.39, 0.29) is 0 Å². The minimum atomic E-state index is 0.554. The fourth-order valence-electron chi connectivity index (χ4n) is 3.12. The summed E-state index contributed by atoms with van der Waals surface area (Å²) in [6, 6.07) is 19.5. The number of oxazole rings is 1. The van der Waals surface area contributed by atoms with E-state index in [1.54, 1.807) is 21.3 Å². The van der Waals surface area contributed by atoms with E-state index in [9.17, 15) is 0 Å². The molecule has 0 spiro atoms. The third-order valence-corrected chi connectivity index (χ3v) is 4.41. The lowest BCUT2D eigenvalue weighted by molar-refractivity contribution is 0.324. The first kappa shape index (κ1) is 17.0. The minimum Gasteiger partial charge on any atom is -0.493 e. The Morgan fingerprint density at radius 2 is 1.44 bits per heavy atom. The van der Waals surface area contributed by atoms with Gasteiger partial charge in [0.25, 0.3) is 0 Å². The third-order valence-electron chi connectivity index (χ3n) is 4.41. The molecule has 4 aromatic rings. The molecule has 0 radical (unpaired) electrons. The van der Waals surface area contributed by atoms with Gasteiger partial charge in [0.05, 0.1) is 21.3 Å². The fourth-order valence-corrected chi connectivity index (χ4v) is 3.12. The average molecular weight is 361 g/mol. The lowest BCUT2D eigenvalue weighted by Gasteiger charge is -2.14. The Bertz CT molecular complexity index is 1060. The van der Waals surface area contributed by atoms with Gasteiger partial charge in [-0.3, -0.25) is 0 Å². The van der Waals surface area contributed by atoms with E-state index in [4.69, 9.17) is 18.6 Å². The molecule has 0 N–H and O–H groups in total. The Labute approximate surface area is 157 Å². The number of fused-ring (bicyclic) bond motifs is 1. The number of para-hydroxylation sites is 1. The topological polar surface area (TPSA) is 53.7 Å². The van der Waals surface area contributed by atoms with Gasteiger partial charge in [0, 0.05) is 11.1 Å². The van der Waals surface area contributed by atoms with Gasteiger partial charge < -0.3 is 18.6 Å². The maximum Gasteiger partial charge on any atom is 0.227 e. The summed E-state index contributed by atoms with van der Waals surface area (Å²) in [7, 11) is 4.79. The zero-order chi connectivity index (χ0) is 18.8. The van der Waals surface area contributed by atoms with Gasteiger partial charge in [-0.05, 0) is 35.9 Å². The molecule has 0 fully saturated rings. The van der Waals surface area contributed by atoms with E-state index in [1.165, 1.54) is 0 Å². The molecule has 0 unspecified atom stereocenters.